The van der Waals surface area contributed by atoms with E-state index in [4.69, 9.17) is 14.2 Å². The molecule has 2 aromatic rings. The van der Waals surface area contributed by atoms with Crippen LogP contribution >= 0.6 is 15.9 Å². The van der Waals surface area contributed by atoms with E-state index in [9.17, 15) is 14.7 Å². The average Bonchev–Trinajstić information content (AvgIpc) is 3.12. The van der Waals surface area contributed by atoms with Crippen molar-refractivity contribution in [3.8, 4) is 11.5 Å². The van der Waals surface area contributed by atoms with Crippen LogP contribution in [-0.2, 0) is 14.3 Å². The van der Waals surface area contributed by atoms with Crippen LogP contribution in [0.15, 0.2) is 52.5 Å². The Labute approximate surface area is 206 Å². The van der Waals surface area contributed by atoms with Gasteiger partial charge in [0.2, 0.25) is 0 Å². The number of hydrogen-bond acceptors (Lipinski definition) is 7. The number of carbonyl (C=O) groups is 2. The van der Waals surface area contributed by atoms with Gasteiger partial charge in [0.05, 0.1) is 39.0 Å². The zero-order valence-corrected chi connectivity index (χ0v) is 20.7. The van der Waals surface area contributed by atoms with Gasteiger partial charge in [-0.05, 0) is 18.2 Å². The van der Waals surface area contributed by atoms with Gasteiger partial charge in [-0.1, -0.05) is 40.2 Å². The number of Topliss-reactive ketones (excluding diaryl/α,β-unsaturated/α-hetero) is 1. The van der Waals surface area contributed by atoms with Crippen LogP contribution in [0.1, 0.15) is 17.2 Å². The Morgan fingerprint density at radius 3 is 2.41 bits per heavy atom. The van der Waals surface area contributed by atoms with Crippen molar-refractivity contribution in [1.29, 1.82) is 0 Å². The normalized spacial score (nSPS) is 20.6. The topological polar surface area (TPSA) is 88.5 Å². The lowest BCUT2D eigenvalue weighted by Crippen LogP contribution is -2.42. The van der Waals surface area contributed by atoms with E-state index in [2.05, 4.69) is 20.8 Å². The Balaban J connectivity index is 1.81. The highest BCUT2D eigenvalue weighted by Gasteiger charge is 2.47. The van der Waals surface area contributed by atoms with Crippen molar-refractivity contribution >= 4 is 33.4 Å². The molecule has 0 spiro atoms. The number of para-hydroxylation sites is 1. The molecule has 1 unspecified atom stereocenters. The SMILES string of the molecule is COc1cccc(C2/C(=C(/O)c3ccc(Br)cc3)C(=O)C(=O)N2CCN2CCOCC2)c1OC. The quantitative estimate of drug-likeness (QED) is 0.334. The second-order valence-electron chi connectivity index (χ2n) is 8.04. The van der Waals surface area contributed by atoms with Gasteiger partial charge in [-0.15, -0.1) is 0 Å². The molecule has 180 valence electrons. The van der Waals surface area contributed by atoms with Crippen LogP contribution in [-0.4, -0.2) is 80.2 Å². The number of ketones is 1. The van der Waals surface area contributed by atoms with Gasteiger partial charge in [0.15, 0.2) is 11.5 Å². The first-order valence-corrected chi connectivity index (χ1v) is 11.8. The molecule has 9 heteroatoms. The van der Waals surface area contributed by atoms with E-state index in [0.717, 1.165) is 17.6 Å². The molecule has 2 heterocycles. The fourth-order valence-electron chi connectivity index (χ4n) is 4.40. The summed E-state index contributed by atoms with van der Waals surface area (Å²) in [5.74, 6) is -0.717. The summed E-state index contributed by atoms with van der Waals surface area (Å²) in [5.41, 5.74) is 1.05. The Kier molecular flexibility index (Phi) is 7.55. The summed E-state index contributed by atoms with van der Waals surface area (Å²) in [6.07, 6.45) is 0. The monoisotopic (exact) mass is 530 g/mol. The minimum atomic E-state index is -0.824. The third kappa shape index (κ3) is 4.68. The first kappa shape index (κ1) is 24.3. The molecule has 8 nitrogen and oxygen atoms in total. The van der Waals surface area contributed by atoms with E-state index < -0.39 is 17.7 Å². The molecule has 1 N–H and O–H groups in total. The van der Waals surface area contributed by atoms with E-state index >= 15 is 0 Å². The number of morpholine rings is 1. The Hall–Kier alpha value is -2.88. The largest absolute Gasteiger partial charge is 0.507 e. The molecular weight excluding hydrogens is 504 g/mol. The van der Waals surface area contributed by atoms with Gasteiger partial charge in [0, 0.05) is 41.8 Å². The summed E-state index contributed by atoms with van der Waals surface area (Å²) >= 11 is 3.38. The number of nitrogens with zero attached hydrogens (tertiary/aromatic N) is 2. The summed E-state index contributed by atoms with van der Waals surface area (Å²) in [6.45, 7) is 3.68. The van der Waals surface area contributed by atoms with Crippen LogP contribution in [0.25, 0.3) is 5.76 Å². The number of hydrogen-bond donors (Lipinski definition) is 1. The molecule has 1 atom stereocenters. The molecule has 34 heavy (non-hydrogen) atoms. The summed E-state index contributed by atoms with van der Waals surface area (Å²) in [5, 5.41) is 11.2. The molecule has 0 saturated carbocycles. The average molecular weight is 531 g/mol. The second-order valence-corrected chi connectivity index (χ2v) is 8.95. The van der Waals surface area contributed by atoms with Crippen molar-refractivity contribution in [3.05, 3.63) is 63.6 Å². The Bertz CT molecular complexity index is 1100. The minimum absolute atomic E-state index is 0.0286. The van der Waals surface area contributed by atoms with Crippen LogP contribution in [0.5, 0.6) is 11.5 Å². The van der Waals surface area contributed by atoms with Crippen molar-refractivity contribution < 1.29 is 28.9 Å². The number of aliphatic hydroxyl groups excluding tert-OH is 1. The smallest absolute Gasteiger partial charge is 0.295 e. The van der Waals surface area contributed by atoms with Gasteiger partial charge < -0.3 is 24.2 Å². The number of carbonyl (C=O) groups excluding carboxylic acids is 2. The molecule has 4 rings (SSSR count). The molecule has 0 aromatic heterocycles. The Morgan fingerprint density at radius 1 is 1.06 bits per heavy atom. The Morgan fingerprint density at radius 2 is 1.76 bits per heavy atom. The van der Waals surface area contributed by atoms with Crippen molar-refractivity contribution in [2.45, 2.75) is 6.04 Å². The molecular formula is C25H27BrN2O6. The number of halogens is 1. The zero-order chi connectivity index (χ0) is 24.2. The number of aliphatic hydroxyl groups is 1. The molecule has 2 aliphatic rings. The van der Waals surface area contributed by atoms with Crippen LogP contribution in [0.3, 0.4) is 0 Å². The van der Waals surface area contributed by atoms with Gasteiger partial charge in [0.1, 0.15) is 5.76 Å². The van der Waals surface area contributed by atoms with E-state index in [-0.39, 0.29) is 11.3 Å². The predicted molar refractivity (Wildman–Crippen MR) is 130 cm³/mol. The van der Waals surface area contributed by atoms with Crippen molar-refractivity contribution in [2.24, 2.45) is 0 Å². The highest BCUT2D eigenvalue weighted by molar-refractivity contribution is 9.10. The molecule has 0 radical (unpaired) electrons. The molecule has 0 bridgehead atoms. The first-order chi connectivity index (χ1) is 16.5. The maximum absolute atomic E-state index is 13.3. The number of rotatable bonds is 7. The number of benzene rings is 2. The van der Waals surface area contributed by atoms with Gasteiger partial charge in [0.25, 0.3) is 11.7 Å². The lowest BCUT2D eigenvalue weighted by atomic mass is 9.94. The maximum Gasteiger partial charge on any atom is 0.295 e. The summed E-state index contributed by atoms with van der Waals surface area (Å²) in [7, 11) is 3.04. The molecule has 1 amide bonds. The van der Waals surface area contributed by atoms with Crippen LogP contribution < -0.4 is 9.47 Å². The van der Waals surface area contributed by atoms with E-state index in [1.807, 2.05) is 0 Å². The number of ether oxygens (including phenoxy) is 3. The number of likely N-dealkylation sites (tertiary alicyclic amines) is 1. The highest BCUT2D eigenvalue weighted by atomic mass is 79.9. The molecule has 2 fully saturated rings. The fourth-order valence-corrected chi connectivity index (χ4v) is 4.66. The van der Waals surface area contributed by atoms with Crippen molar-refractivity contribution in [2.75, 3.05) is 53.6 Å². The predicted octanol–water partition coefficient (Wildman–Crippen LogP) is 3.22. The second kappa shape index (κ2) is 10.6. The zero-order valence-electron chi connectivity index (χ0n) is 19.1. The van der Waals surface area contributed by atoms with Crippen LogP contribution in [0.4, 0.5) is 0 Å². The fraction of sp³-hybridized carbons (Fsp3) is 0.360. The first-order valence-electron chi connectivity index (χ1n) is 11.0. The van der Waals surface area contributed by atoms with Crippen molar-refractivity contribution in [3.63, 3.8) is 0 Å². The summed E-state index contributed by atoms with van der Waals surface area (Å²) < 4.78 is 17.3. The van der Waals surface area contributed by atoms with Gasteiger partial charge in [-0.3, -0.25) is 14.5 Å². The van der Waals surface area contributed by atoms with Crippen LogP contribution in [0, 0.1) is 0 Å². The van der Waals surface area contributed by atoms with Crippen LogP contribution in [0.2, 0.25) is 0 Å². The van der Waals surface area contributed by atoms with E-state index in [0.29, 0.717) is 48.9 Å². The lowest BCUT2D eigenvalue weighted by molar-refractivity contribution is -0.140. The summed E-state index contributed by atoms with van der Waals surface area (Å²) in [4.78, 5) is 30.2. The number of amides is 1. The van der Waals surface area contributed by atoms with Gasteiger partial charge in [-0.2, -0.15) is 0 Å². The third-order valence-electron chi connectivity index (χ3n) is 6.15. The lowest BCUT2D eigenvalue weighted by Gasteiger charge is -2.31. The number of methoxy groups -OCH3 is 2. The summed E-state index contributed by atoms with van der Waals surface area (Å²) in [6, 6.07) is 11.4. The minimum Gasteiger partial charge on any atom is -0.507 e. The maximum atomic E-state index is 13.3. The van der Waals surface area contributed by atoms with E-state index in [1.165, 1.54) is 19.1 Å². The molecule has 0 aliphatic carbocycles. The highest BCUT2D eigenvalue weighted by Crippen LogP contribution is 2.45. The molecule has 2 aliphatic heterocycles. The molecule has 2 saturated heterocycles. The van der Waals surface area contributed by atoms with Gasteiger partial charge in [-0.25, -0.2) is 0 Å². The van der Waals surface area contributed by atoms with Gasteiger partial charge >= 0.3 is 0 Å². The molecule has 2 aromatic carbocycles. The standard InChI is InChI=1S/C25H27BrN2O6/c1-32-19-5-3-4-18(24(19)33-2)21-20(22(29)16-6-8-17(26)9-7-16)23(30)25(31)28(21)11-10-27-12-14-34-15-13-27/h3-9,21,29H,10-15H2,1-2H3/b22-20-. The third-order valence-corrected chi connectivity index (χ3v) is 6.68. The van der Waals surface area contributed by atoms with Crippen molar-refractivity contribution in [1.82, 2.24) is 9.80 Å². The van der Waals surface area contributed by atoms with E-state index in [1.54, 1.807) is 42.5 Å².